The molecule has 1 heterocycles. The van der Waals surface area contributed by atoms with Crippen molar-refractivity contribution in [3.05, 3.63) is 83.4 Å². The predicted molar refractivity (Wildman–Crippen MR) is 119 cm³/mol. The topological polar surface area (TPSA) is 89.8 Å². The van der Waals surface area contributed by atoms with E-state index in [1.165, 1.54) is 6.08 Å². The number of anilines is 1. The first kappa shape index (κ1) is 20.8. The summed E-state index contributed by atoms with van der Waals surface area (Å²) in [5.74, 6) is 2.31. The molecule has 3 aromatic carbocycles. The van der Waals surface area contributed by atoms with E-state index < -0.39 is 5.91 Å². The molecule has 32 heavy (non-hydrogen) atoms. The van der Waals surface area contributed by atoms with E-state index in [2.05, 4.69) is 5.32 Å². The molecule has 0 spiro atoms. The number of benzene rings is 3. The third-order valence-electron chi connectivity index (χ3n) is 4.75. The van der Waals surface area contributed by atoms with Gasteiger partial charge >= 0.3 is 0 Å². The molecule has 1 aliphatic rings. The maximum absolute atomic E-state index is 12.4. The molecule has 4 rings (SSSR count). The number of hydrogen-bond donors (Lipinski definition) is 1. The Labute approximate surface area is 185 Å². The maximum Gasteiger partial charge on any atom is 0.266 e. The lowest BCUT2D eigenvalue weighted by molar-refractivity contribution is -0.112. The molecule has 0 atom stereocenters. The first-order valence-electron chi connectivity index (χ1n) is 9.83. The van der Waals surface area contributed by atoms with Gasteiger partial charge in [0.1, 0.15) is 29.7 Å². The monoisotopic (exact) mass is 428 g/mol. The van der Waals surface area contributed by atoms with Crippen molar-refractivity contribution in [1.82, 2.24) is 0 Å². The summed E-state index contributed by atoms with van der Waals surface area (Å²) in [4.78, 5) is 12.4. The van der Waals surface area contributed by atoms with Gasteiger partial charge in [-0.25, -0.2) is 0 Å². The lowest BCUT2D eigenvalue weighted by Gasteiger charge is -2.08. The zero-order valence-electron chi connectivity index (χ0n) is 17.3. The molecule has 1 N–H and O–H groups in total. The van der Waals surface area contributed by atoms with Gasteiger partial charge in [-0.3, -0.25) is 4.79 Å². The van der Waals surface area contributed by atoms with Crippen molar-refractivity contribution in [2.45, 2.75) is 6.61 Å². The SMILES string of the molecule is COc1ccc(NC(=O)/C(C#N)=C\c2ccc(OCc3ccc4c(c3)OCO4)cc2)cc1. The summed E-state index contributed by atoms with van der Waals surface area (Å²) in [6.45, 7) is 0.608. The summed E-state index contributed by atoms with van der Waals surface area (Å²) in [6, 6.07) is 21.6. The second kappa shape index (κ2) is 9.58. The number of rotatable bonds is 7. The number of nitriles is 1. The quantitative estimate of drug-likeness (QED) is 0.439. The van der Waals surface area contributed by atoms with Crippen LogP contribution >= 0.6 is 0 Å². The van der Waals surface area contributed by atoms with Gasteiger partial charge in [-0.15, -0.1) is 0 Å². The molecule has 0 radical (unpaired) electrons. The average molecular weight is 428 g/mol. The largest absolute Gasteiger partial charge is 0.497 e. The smallest absolute Gasteiger partial charge is 0.266 e. The molecule has 0 bridgehead atoms. The Morgan fingerprint density at radius 2 is 1.75 bits per heavy atom. The van der Waals surface area contributed by atoms with Gasteiger partial charge in [0.25, 0.3) is 5.91 Å². The van der Waals surface area contributed by atoms with Crippen molar-refractivity contribution in [2.24, 2.45) is 0 Å². The Kier molecular flexibility index (Phi) is 6.23. The van der Waals surface area contributed by atoms with Crippen LogP contribution in [0.15, 0.2) is 72.3 Å². The number of amides is 1. The minimum Gasteiger partial charge on any atom is -0.497 e. The van der Waals surface area contributed by atoms with Crippen LogP contribution in [-0.4, -0.2) is 19.8 Å². The number of hydrogen-bond acceptors (Lipinski definition) is 6. The van der Waals surface area contributed by atoms with E-state index in [9.17, 15) is 10.1 Å². The Balaban J connectivity index is 1.37. The fourth-order valence-electron chi connectivity index (χ4n) is 3.05. The molecule has 0 aromatic heterocycles. The van der Waals surface area contributed by atoms with E-state index in [1.54, 1.807) is 55.6 Å². The van der Waals surface area contributed by atoms with E-state index in [0.717, 1.165) is 11.3 Å². The molecule has 7 nitrogen and oxygen atoms in total. The van der Waals surface area contributed by atoms with Crippen LogP contribution in [0.5, 0.6) is 23.0 Å². The summed E-state index contributed by atoms with van der Waals surface area (Å²) in [6.07, 6.45) is 1.53. The number of nitrogens with zero attached hydrogens (tertiary/aromatic N) is 1. The summed E-state index contributed by atoms with van der Waals surface area (Å²) in [7, 11) is 1.57. The van der Waals surface area contributed by atoms with E-state index in [0.29, 0.717) is 35.1 Å². The summed E-state index contributed by atoms with van der Waals surface area (Å²) >= 11 is 0. The van der Waals surface area contributed by atoms with Crippen LogP contribution in [0.3, 0.4) is 0 Å². The minimum atomic E-state index is -0.485. The lowest BCUT2D eigenvalue weighted by atomic mass is 10.1. The Bertz CT molecular complexity index is 1180. The van der Waals surface area contributed by atoms with Crippen LogP contribution in [0.2, 0.25) is 0 Å². The predicted octanol–water partition coefficient (Wildman–Crippen LogP) is 4.55. The maximum atomic E-state index is 12.4. The molecule has 0 fully saturated rings. The van der Waals surface area contributed by atoms with Crippen molar-refractivity contribution in [1.29, 1.82) is 5.26 Å². The van der Waals surface area contributed by atoms with Gasteiger partial charge in [-0.05, 0) is 65.7 Å². The molecule has 7 heteroatoms. The van der Waals surface area contributed by atoms with Crippen molar-refractivity contribution in [2.75, 3.05) is 19.2 Å². The highest BCUT2D eigenvalue weighted by molar-refractivity contribution is 6.09. The van der Waals surface area contributed by atoms with Crippen LogP contribution in [0, 0.1) is 11.3 Å². The van der Waals surface area contributed by atoms with Crippen molar-refractivity contribution < 1.29 is 23.7 Å². The van der Waals surface area contributed by atoms with Gasteiger partial charge < -0.3 is 24.3 Å². The molecular weight excluding hydrogens is 408 g/mol. The van der Waals surface area contributed by atoms with Gasteiger partial charge in [-0.1, -0.05) is 18.2 Å². The first-order chi connectivity index (χ1) is 15.6. The molecule has 0 saturated heterocycles. The summed E-state index contributed by atoms with van der Waals surface area (Å²) in [5, 5.41) is 12.1. The van der Waals surface area contributed by atoms with Crippen molar-refractivity contribution in [3.8, 4) is 29.1 Å². The zero-order chi connectivity index (χ0) is 22.3. The average Bonchev–Trinajstić information content (AvgIpc) is 3.30. The Morgan fingerprint density at radius 1 is 1.03 bits per heavy atom. The standard InChI is InChI=1S/C25H20N2O5/c1-29-21-9-5-20(6-10-21)27-25(28)19(14-26)12-17-2-7-22(8-3-17)30-15-18-4-11-23-24(13-18)32-16-31-23/h2-13H,15-16H2,1H3,(H,27,28)/b19-12-. The number of carbonyl (C=O) groups excluding carboxylic acids is 1. The summed E-state index contributed by atoms with van der Waals surface area (Å²) in [5.41, 5.74) is 2.24. The molecule has 3 aromatic rings. The number of fused-ring (bicyclic) bond motifs is 1. The molecule has 1 aliphatic heterocycles. The minimum absolute atomic E-state index is 0.00477. The molecular formula is C25H20N2O5. The van der Waals surface area contributed by atoms with Crippen molar-refractivity contribution in [3.63, 3.8) is 0 Å². The van der Waals surface area contributed by atoms with Gasteiger partial charge in [0.05, 0.1) is 7.11 Å². The highest BCUT2D eigenvalue weighted by Crippen LogP contribution is 2.32. The zero-order valence-corrected chi connectivity index (χ0v) is 17.3. The van der Waals surface area contributed by atoms with Crippen LogP contribution in [0.1, 0.15) is 11.1 Å². The van der Waals surface area contributed by atoms with Gasteiger partial charge in [0, 0.05) is 5.69 Å². The van der Waals surface area contributed by atoms with Gasteiger partial charge in [0.15, 0.2) is 11.5 Å². The third-order valence-corrected chi connectivity index (χ3v) is 4.75. The second-order valence-electron chi connectivity index (χ2n) is 6.90. The van der Waals surface area contributed by atoms with Crippen LogP contribution in [0.25, 0.3) is 6.08 Å². The normalized spacial score (nSPS) is 12.1. The number of ether oxygens (including phenoxy) is 4. The van der Waals surface area contributed by atoms with Crippen LogP contribution in [-0.2, 0) is 11.4 Å². The first-order valence-corrected chi connectivity index (χ1v) is 9.83. The Hall–Kier alpha value is -4.44. The fourth-order valence-corrected chi connectivity index (χ4v) is 3.05. The Morgan fingerprint density at radius 3 is 2.47 bits per heavy atom. The lowest BCUT2D eigenvalue weighted by Crippen LogP contribution is -2.13. The second-order valence-corrected chi connectivity index (χ2v) is 6.90. The number of methoxy groups -OCH3 is 1. The summed E-state index contributed by atoms with van der Waals surface area (Å²) < 4.78 is 21.6. The molecule has 0 saturated carbocycles. The third kappa shape index (κ3) is 4.99. The fraction of sp³-hybridized carbons (Fsp3) is 0.120. The van der Waals surface area contributed by atoms with E-state index in [4.69, 9.17) is 18.9 Å². The van der Waals surface area contributed by atoms with E-state index in [1.807, 2.05) is 24.3 Å². The molecule has 0 aliphatic carbocycles. The highest BCUT2D eigenvalue weighted by Gasteiger charge is 2.13. The number of nitrogens with one attached hydrogen (secondary N) is 1. The molecule has 1 amide bonds. The van der Waals surface area contributed by atoms with Crippen molar-refractivity contribution >= 4 is 17.7 Å². The molecule has 160 valence electrons. The van der Waals surface area contributed by atoms with Crippen LogP contribution in [0.4, 0.5) is 5.69 Å². The molecule has 0 unspecified atom stereocenters. The number of carbonyl (C=O) groups is 1. The highest BCUT2D eigenvalue weighted by atomic mass is 16.7. The van der Waals surface area contributed by atoms with E-state index in [-0.39, 0.29) is 12.4 Å². The van der Waals surface area contributed by atoms with Crippen LogP contribution < -0.4 is 24.3 Å². The van der Waals surface area contributed by atoms with Gasteiger partial charge in [0.2, 0.25) is 6.79 Å². The van der Waals surface area contributed by atoms with E-state index >= 15 is 0 Å². The van der Waals surface area contributed by atoms with Gasteiger partial charge in [-0.2, -0.15) is 5.26 Å².